The Balaban J connectivity index is 0.000000280. The van der Waals surface area contributed by atoms with Gasteiger partial charge in [-0.25, -0.2) is 0 Å². The topological polar surface area (TPSA) is 17.8 Å². The van der Waals surface area contributed by atoms with Crippen molar-refractivity contribution in [2.45, 2.75) is 40.7 Å². The van der Waals surface area contributed by atoms with E-state index in [0.717, 1.165) is 5.92 Å². The molecule has 0 N–H and O–H groups in total. The lowest BCUT2D eigenvalue weighted by Crippen LogP contribution is -2.01. The average Bonchev–Trinajstić information content (AvgIpc) is 2.59. The van der Waals surface area contributed by atoms with Gasteiger partial charge in [-0.05, 0) is 25.8 Å². The second-order valence-corrected chi connectivity index (χ2v) is 4.97. The molecule has 2 heteroatoms. The third kappa shape index (κ3) is 3.37. The monoisotopic (exact) mass is 218 g/mol. The SMILES string of the molecule is CC(C)C.CC(C)n1ncc2ccccc21. The highest BCUT2D eigenvalue weighted by Gasteiger charge is 2.03. The number of fused-ring (bicyclic) bond motifs is 1. The van der Waals surface area contributed by atoms with Gasteiger partial charge in [0.25, 0.3) is 0 Å². The number of para-hydroxylation sites is 1. The van der Waals surface area contributed by atoms with Crippen LogP contribution in [0.2, 0.25) is 0 Å². The Hall–Kier alpha value is -1.31. The van der Waals surface area contributed by atoms with Crippen molar-refractivity contribution in [1.29, 1.82) is 0 Å². The fraction of sp³-hybridized carbons (Fsp3) is 0.500. The van der Waals surface area contributed by atoms with Crippen molar-refractivity contribution >= 4 is 10.9 Å². The lowest BCUT2D eigenvalue weighted by atomic mass is 10.2. The summed E-state index contributed by atoms with van der Waals surface area (Å²) in [6.07, 6.45) is 1.91. The van der Waals surface area contributed by atoms with Crippen LogP contribution in [-0.4, -0.2) is 9.78 Å². The van der Waals surface area contributed by atoms with Gasteiger partial charge in [0.2, 0.25) is 0 Å². The number of nitrogens with zero attached hydrogens (tertiary/aromatic N) is 2. The van der Waals surface area contributed by atoms with Crippen molar-refractivity contribution in [2.75, 3.05) is 0 Å². The average molecular weight is 218 g/mol. The maximum absolute atomic E-state index is 4.31. The molecule has 0 aliphatic heterocycles. The van der Waals surface area contributed by atoms with Gasteiger partial charge in [-0.3, -0.25) is 4.68 Å². The Morgan fingerprint density at radius 1 is 1.00 bits per heavy atom. The number of benzene rings is 1. The van der Waals surface area contributed by atoms with Crippen molar-refractivity contribution < 1.29 is 0 Å². The lowest BCUT2D eigenvalue weighted by molar-refractivity contribution is 0.551. The van der Waals surface area contributed by atoms with Crippen LogP contribution in [0.1, 0.15) is 40.7 Å². The Labute approximate surface area is 98.3 Å². The Kier molecular flexibility index (Phi) is 4.53. The van der Waals surface area contributed by atoms with E-state index < -0.39 is 0 Å². The first-order valence-electron chi connectivity index (χ1n) is 5.94. The molecule has 16 heavy (non-hydrogen) atoms. The molecule has 0 unspecified atom stereocenters. The van der Waals surface area contributed by atoms with E-state index in [0.29, 0.717) is 6.04 Å². The van der Waals surface area contributed by atoms with Gasteiger partial charge in [0.1, 0.15) is 0 Å². The molecule has 1 heterocycles. The van der Waals surface area contributed by atoms with E-state index in [1.165, 1.54) is 10.9 Å². The molecule has 0 spiro atoms. The van der Waals surface area contributed by atoms with Crippen molar-refractivity contribution in [3.05, 3.63) is 30.5 Å². The minimum atomic E-state index is 0.435. The predicted molar refractivity (Wildman–Crippen MR) is 70.6 cm³/mol. The van der Waals surface area contributed by atoms with Crippen LogP contribution in [0, 0.1) is 5.92 Å². The molecule has 0 radical (unpaired) electrons. The fourth-order valence-electron chi connectivity index (χ4n) is 1.40. The summed E-state index contributed by atoms with van der Waals surface area (Å²) in [5, 5.41) is 5.53. The smallest absolute Gasteiger partial charge is 0.0685 e. The van der Waals surface area contributed by atoms with Gasteiger partial charge in [0.15, 0.2) is 0 Å². The summed E-state index contributed by atoms with van der Waals surface area (Å²) in [6.45, 7) is 10.8. The molecule has 1 aromatic carbocycles. The molecule has 0 atom stereocenters. The van der Waals surface area contributed by atoms with Crippen molar-refractivity contribution in [3.8, 4) is 0 Å². The molecule has 2 rings (SSSR count). The van der Waals surface area contributed by atoms with Crippen LogP contribution in [0.4, 0.5) is 0 Å². The quantitative estimate of drug-likeness (QED) is 0.698. The van der Waals surface area contributed by atoms with E-state index in [-0.39, 0.29) is 0 Å². The maximum Gasteiger partial charge on any atom is 0.0685 e. The predicted octanol–water partition coefficient (Wildman–Crippen LogP) is 4.28. The highest BCUT2D eigenvalue weighted by Crippen LogP contribution is 2.16. The van der Waals surface area contributed by atoms with E-state index in [1.807, 2.05) is 23.0 Å². The molecule has 2 nitrogen and oxygen atoms in total. The van der Waals surface area contributed by atoms with E-state index in [2.05, 4.69) is 51.9 Å². The summed E-state index contributed by atoms with van der Waals surface area (Å²) in [5.74, 6) is 0.833. The summed E-state index contributed by atoms with van der Waals surface area (Å²) in [5.41, 5.74) is 1.22. The molecular weight excluding hydrogens is 196 g/mol. The molecule has 0 aliphatic carbocycles. The third-order valence-corrected chi connectivity index (χ3v) is 1.99. The number of hydrogen-bond donors (Lipinski definition) is 0. The Bertz CT molecular complexity index is 424. The summed E-state index contributed by atoms with van der Waals surface area (Å²) >= 11 is 0. The summed E-state index contributed by atoms with van der Waals surface area (Å²) in [7, 11) is 0. The molecule has 2 aromatic rings. The molecule has 88 valence electrons. The molecule has 0 bridgehead atoms. The van der Waals surface area contributed by atoms with Crippen LogP contribution in [-0.2, 0) is 0 Å². The normalized spacial score (nSPS) is 10.7. The van der Waals surface area contributed by atoms with E-state index in [9.17, 15) is 0 Å². The first-order chi connectivity index (χ1) is 7.52. The Morgan fingerprint density at radius 3 is 2.12 bits per heavy atom. The summed E-state index contributed by atoms with van der Waals surface area (Å²) in [4.78, 5) is 0. The zero-order chi connectivity index (χ0) is 12.1. The van der Waals surface area contributed by atoms with Crippen molar-refractivity contribution in [3.63, 3.8) is 0 Å². The second-order valence-electron chi connectivity index (χ2n) is 4.97. The molecule has 0 aliphatic rings. The zero-order valence-electron chi connectivity index (χ0n) is 10.9. The van der Waals surface area contributed by atoms with E-state index >= 15 is 0 Å². The lowest BCUT2D eigenvalue weighted by Gasteiger charge is -2.05. The number of hydrogen-bond acceptors (Lipinski definition) is 1. The molecule has 0 saturated heterocycles. The first kappa shape index (κ1) is 12.8. The number of aromatic nitrogens is 2. The minimum absolute atomic E-state index is 0.435. The largest absolute Gasteiger partial charge is 0.262 e. The van der Waals surface area contributed by atoms with Gasteiger partial charge in [-0.1, -0.05) is 39.0 Å². The van der Waals surface area contributed by atoms with Crippen LogP contribution in [0.5, 0.6) is 0 Å². The van der Waals surface area contributed by atoms with Crippen LogP contribution in [0.15, 0.2) is 30.5 Å². The van der Waals surface area contributed by atoms with Gasteiger partial charge < -0.3 is 0 Å². The van der Waals surface area contributed by atoms with Gasteiger partial charge in [-0.2, -0.15) is 5.10 Å². The highest BCUT2D eigenvalue weighted by molar-refractivity contribution is 5.78. The van der Waals surface area contributed by atoms with Gasteiger partial charge >= 0.3 is 0 Å². The maximum atomic E-state index is 4.31. The van der Waals surface area contributed by atoms with Crippen LogP contribution < -0.4 is 0 Å². The van der Waals surface area contributed by atoms with Crippen LogP contribution >= 0.6 is 0 Å². The number of rotatable bonds is 1. The molecule has 1 aromatic heterocycles. The van der Waals surface area contributed by atoms with Gasteiger partial charge in [-0.15, -0.1) is 0 Å². The Morgan fingerprint density at radius 2 is 1.56 bits per heavy atom. The highest BCUT2D eigenvalue weighted by atomic mass is 15.3. The van der Waals surface area contributed by atoms with Crippen LogP contribution in [0.25, 0.3) is 10.9 Å². The minimum Gasteiger partial charge on any atom is -0.262 e. The van der Waals surface area contributed by atoms with Crippen molar-refractivity contribution in [2.24, 2.45) is 5.92 Å². The van der Waals surface area contributed by atoms with Gasteiger partial charge in [0, 0.05) is 11.4 Å². The van der Waals surface area contributed by atoms with E-state index in [1.54, 1.807) is 0 Å². The third-order valence-electron chi connectivity index (χ3n) is 1.99. The summed E-state index contributed by atoms with van der Waals surface area (Å²) in [6, 6.07) is 8.70. The van der Waals surface area contributed by atoms with Crippen molar-refractivity contribution in [1.82, 2.24) is 9.78 Å². The zero-order valence-corrected chi connectivity index (χ0v) is 10.9. The second kappa shape index (κ2) is 5.69. The molecule has 0 saturated carbocycles. The van der Waals surface area contributed by atoms with Crippen LogP contribution in [0.3, 0.4) is 0 Å². The molecular formula is C14H22N2. The fourth-order valence-corrected chi connectivity index (χ4v) is 1.40. The standard InChI is InChI=1S/C10H12N2.C4H10/c1-8(2)12-10-6-4-3-5-9(10)7-11-12;1-4(2)3/h3-8H,1-2H3;4H,1-3H3. The molecule has 0 fully saturated rings. The van der Waals surface area contributed by atoms with E-state index in [4.69, 9.17) is 0 Å². The summed E-state index contributed by atoms with van der Waals surface area (Å²) < 4.78 is 2.04. The first-order valence-corrected chi connectivity index (χ1v) is 5.94. The molecule has 0 amide bonds. The van der Waals surface area contributed by atoms with Gasteiger partial charge in [0.05, 0.1) is 11.7 Å².